The van der Waals surface area contributed by atoms with Crippen molar-refractivity contribution in [2.45, 2.75) is 77.5 Å². The van der Waals surface area contributed by atoms with Gasteiger partial charge in [-0.3, -0.25) is 15.0 Å². The molecule has 1 rings (SSSR count). The van der Waals surface area contributed by atoms with E-state index in [1.165, 1.54) is 20.0 Å². The molecule has 19 heavy (non-hydrogen) atoms. The van der Waals surface area contributed by atoms with Crippen LogP contribution in [-0.4, -0.2) is 48.2 Å². The average Bonchev–Trinajstić information content (AvgIpc) is 2.68. The number of esters is 1. The summed E-state index contributed by atoms with van der Waals surface area (Å²) in [5.74, 6) is -0.171. The molecule has 4 nitrogen and oxygen atoms in total. The molecule has 3 unspecified atom stereocenters. The first kappa shape index (κ1) is 16.4. The van der Waals surface area contributed by atoms with Gasteiger partial charge in [-0.15, -0.1) is 0 Å². The van der Waals surface area contributed by atoms with Gasteiger partial charge in [0.05, 0.1) is 7.11 Å². The summed E-state index contributed by atoms with van der Waals surface area (Å²) in [6, 6.07) is 1.39. The van der Waals surface area contributed by atoms with E-state index in [1.807, 2.05) is 6.92 Å². The Balaban J connectivity index is 2.84. The molecule has 0 aromatic rings. The van der Waals surface area contributed by atoms with Crippen LogP contribution < -0.4 is 5.32 Å². The lowest BCUT2D eigenvalue weighted by Gasteiger charge is -2.38. The van der Waals surface area contributed by atoms with Crippen LogP contribution in [0.15, 0.2) is 0 Å². The molecule has 0 radical (unpaired) electrons. The van der Waals surface area contributed by atoms with Crippen LogP contribution in [0, 0.1) is 0 Å². The maximum Gasteiger partial charge on any atom is 0.327 e. The van der Waals surface area contributed by atoms with Crippen molar-refractivity contribution in [3.05, 3.63) is 0 Å². The molecule has 0 aliphatic carbocycles. The molecule has 0 aromatic heterocycles. The Morgan fingerprint density at radius 3 is 2.58 bits per heavy atom. The number of likely N-dealkylation sites (tertiary alicyclic amines) is 1. The minimum atomic E-state index is -0.630. The van der Waals surface area contributed by atoms with E-state index in [1.54, 1.807) is 0 Å². The van der Waals surface area contributed by atoms with Gasteiger partial charge in [0, 0.05) is 24.7 Å². The van der Waals surface area contributed by atoms with Crippen molar-refractivity contribution < 1.29 is 9.53 Å². The van der Waals surface area contributed by atoms with Gasteiger partial charge in [0.2, 0.25) is 0 Å². The number of methoxy groups -OCH3 is 1. The first-order chi connectivity index (χ1) is 8.84. The molecule has 1 fully saturated rings. The van der Waals surface area contributed by atoms with Crippen molar-refractivity contribution in [1.29, 1.82) is 0 Å². The Morgan fingerprint density at radius 1 is 1.47 bits per heavy atom. The molecule has 0 spiro atoms. The monoisotopic (exact) mass is 270 g/mol. The van der Waals surface area contributed by atoms with E-state index >= 15 is 0 Å². The molecule has 112 valence electrons. The highest BCUT2D eigenvalue weighted by Gasteiger charge is 2.41. The highest BCUT2D eigenvalue weighted by atomic mass is 16.5. The van der Waals surface area contributed by atoms with Gasteiger partial charge in [0.1, 0.15) is 5.54 Å². The zero-order valence-corrected chi connectivity index (χ0v) is 13.3. The van der Waals surface area contributed by atoms with Crippen molar-refractivity contribution in [2.75, 3.05) is 13.7 Å². The number of nitrogens with zero attached hydrogens (tertiary/aromatic N) is 1. The van der Waals surface area contributed by atoms with Gasteiger partial charge in [-0.1, -0.05) is 6.92 Å². The molecule has 0 aromatic carbocycles. The van der Waals surface area contributed by atoms with Gasteiger partial charge >= 0.3 is 5.97 Å². The van der Waals surface area contributed by atoms with Gasteiger partial charge in [-0.05, 0) is 47.0 Å². The maximum absolute atomic E-state index is 12.1. The molecule has 0 amide bonds. The van der Waals surface area contributed by atoms with E-state index in [0.29, 0.717) is 12.1 Å². The van der Waals surface area contributed by atoms with Crippen LogP contribution in [0.3, 0.4) is 0 Å². The highest BCUT2D eigenvalue weighted by Crippen LogP contribution is 2.28. The summed E-state index contributed by atoms with van der Waals surface area (Å²) in [5, 5.41) is 3.38. The Labute approximate surface area is 117 Å². The van der Waals surface area contributed by atoms with Crippen LogP contribution in [0.2, 0.25) is 0 Å². The lowest BCUT2D eigenvalue weighted by molar-refractivity contribution is -0.149. The summed E-state index contributed by atoms with van der Waals surface area (Å²) < 4.78 is 5.00. The first-order valence-corrected chi connectivity index (χ1v) is 7.46. The summed E-state index contributed by atoms with van der Waals surface area (Å²) in [5.41, 5.74) is -0.630. The van der Waals surface area contributed by atoms with Crippen LogP contribution in [0.1, 0.15) is 53.9 Å². The topological polar surface area (TPSA) is 41.6 Å². The minimum Gasteiger partial charge on any atom is -0.468 e. The van der Waals surface area contributed by atoms with Crippen LogP contribution in [0.25, 0.3) is 0 Å². The lowest BCUT2D eigenvalue weighted by atomic mass is 9.99. The fourth-order valence-corrected chi connectivity index (χ4v) is 3.25. The standard InChI is InChI=1S/C15H30N2O2/c1-7-13-9-8-12(4)17(13)10-15(5,14(18)19-6)16-11(2)3/h11-13,16H,7-10H2,1-6H3. The van der Waals surface area contributed by atoms with Crippen LogP contribution >= 0.6 is 0 Å². The second kappa shape index (κ2) is 6.71. The van der Waals surface area contributed by atoms with Gasteiger partial charge in [0.25, 0.3) is 0 Å². The quantitative estimate of drug-likeness (QED) is 0.751. The lowest BCUT2D eigenvalue weighted by Crippen LogP contribution is -2.60. The minimum absolute atomic E-state index is 0.171. The number of carbonyl (C=O) groups excluding carboxylic acids is 1. The van der Waals surface area contributed by atoms with Crippen LogP contribution in [0.4, 0.5) is 0 Å². The molecule has 0 bridgehead atoms. The van der Waals surface area contributed by atoms with E-state index in [-0.39, 0.29) is 12.0 Å². The van der Waals surface area contributed by atoms with E-state index in [4.69, 9.17) is 4.74 Å². The van der Waals surface area contributed by atoms with Crippen molar-refractivity contribution >= 4 is 5.97 Å². The van der Waals surface area contributed by atoms with E-state index in [0.717, 1.165) is 13.0 Å². The van der Waals surface area contributed by atoms with Crippen molar-refractivity contribution in [2.24, 2.45) is 0 Å². The summed E-state index contributed by atoms with van der Waals surface area (Å²) >= 11 is 0. The Hall–Kier alpha value is -0.610. The number of nitrogens with one attached hydrogen (secondary N) is 1. The Kier molecular flexibility index (Phi) is 5.81. The molecule has 1 N–H and O–H groups in total. The molecule has 1 saturated heterocycles. The third kappa shape index (κ3) is 3.93. The first-order valence-electron chi connectivity index (χ1n) is 7.46. The molecule has 1 heterocycles. The van der Waals surface area contributed by atoms with E-state index in [2.05, 4.69) is 37.9 Å². The smallest absolute Gasteiger partial charge is 0.327 e. The molecular weight excluding hydrogens is 240 g/mol. The third-order valence-electron chi connectivity index (χ3n) is 4.17. The van der Waals surface area contributed by atoms with Crippen molar-refractivity contribution in [3.8, 4) is 0 Å². The van der Waals surface area contributed by atoms with Gasteiger partial charge in [-0.25, -0.2) is 0 Å². The number of carbonyl (C=O) groups is 1. The molecular formula is C15H30N2O2. The Bertz CT molecular complexity index is 307. The Morgan fingerprint density at radius 2 is 2.11 bits per heavy atom. The largest absolute Gasteiger partial charge is 0.468 e. The second-order valence-corrected chi connectivity index (χ2v) is 6.28. The van der Waals surface area contributed by atoms with E-state index in [9.17, 15) is 4.79 Å². The number of hydrogen-bond donors (Lipinski definition) is 1. The molecule has 1 aliphatic heterocycles. The van der Waals surface area contributed by atoms with Gasteiger partial charge < -0.3 is 4.74 Å². The molecule has 0 saturated carbocycles. The summed E-state index contributed by atoms with van der Waals surface area (Å²) in [4.78, 5) is 14.6. The predicted molar refractivity (Wildman–Crippen MR) is 78.2 cm³/mol. The molecule has 1 aliphatic rings. The second-order valence-electron chi connectivity index (χ2n) is 6.28. The summed E-state index contributed by atoms with van der Waals surface area (Å²) in [6.45, 7) is 11.3. The van der Waals surface area contributed by atoms with Crippen molar-refractivity contribution in [3.63, 3.8) is 0 Å². The van der Waals surface area contributed by atoms with Crippen LogP contribution in [0.5, 0.6) is 0 Å². The number of hydrogen-bond acceptors (Lipinski definition) is 4. The summed E-state index contributed by atoms with van der Waals surface area (Å²) in [7, 11) is 1.47. The molecule has 4 heteroatoms. The maximum atomic E-state index is 12.1. The average molecular weight is 270 g/mol. The number of rotatable bonds is 6. The predicted octanol–water partition coefficient (Wildman–Crippen LogP) is 2.18. The normalized spacial score (nSPS) is 27.5. The van der Waals surface area contributed by atoms with Crippen molar-refractivity contribution in [1.82, 2.24) is 10.2 Å². The van der Waals surface area contributed by atoms with Gasteiger partial charge in [-0.2, -0.15) is 0 Å². The fourth-order valence-electron chi connectivity index (χ4n) is 3.25. The van der Waals surface area contributed by atoms with E-state index < -0.39 is 5.54 Å². The third-order valence-corrected chi connectivity index (χ3v) is 4.17. The molecule has 3 atom stereocenters. The zero-order chi connectivity index (χ0) is 14.6. The SMILES string of the molecule is CCC1CCC(C)N1CC(C)(NC(C)C)C(=O)OC. The summed E-state index contributed by atoms with van der Waals surface area (Å²) in [6.07, 6.45) is 3.59. The highest BCUT2D eigenvalue weighted by molar-refractivity contribution is 5.80. The van der Waals surface area contributed by atoms with Crippen LogP contribution in [-0.2, 0) is 9.53 Å². The number of ether oxygens (including phenoxy) is 1. The zero-order valence-electron chi connectivity index (χ0n) is 13.3. The fraction of sp³-hybridized carbons (Fsp3) is 0.933. The van der Waals surface area contributed by atoms with Gasteiger partial charge in [0.15, 0.2) is 0 Å².